The molecule has 0 aliphatic carbocycles. The van der Waals surface area contributed by atoms with Crippen molar-refractivity contribution in [2.75, 3.05) is 18.0 Å². The van der Waals surface area contributed by atoms with Crippen molar-refractivity contribution in [3.8, 4) is 11.3 Å². The van der Waals surface area contributed by atoms with Crippen LogP contribution in [-0.4, -0.2) is 28.0 Å². The molecule has 0 atom stereocenters. The number of rotatable bonds is 6. The number of alkyl halides is 3. The Balaban J connectivity index is 1.26. The van der Waals surface area contributed by atoms with Crippen molar-refractivity contribution in [3.63, 3.8) is 0 Å². The van der Waals surface area contributed by atoms with Crippen molar-refractivity contribution in [2.24, 2.45) is 0 Å². The summed E-state index contributed by atoms with van der Waals surface area (Å²) in [7, 11) is 0. The van der Waals surface area contributed by atoms with Crippen molar-refractivity contribution >= 4 is 5.69 Å². The van der Waals surface area contributed by atoms with Gasteiger partial charge in [0.1, 0.15) is 0 Å². The Hall–Kier alpha value is -3.71. The smallest absolute Gasteiger partial charge is 0.366 e. The highest BCUT2D eigenvalue weighted by molar-refractivity contribution is 5.82. The van der Waals surface area contributed by atoms with Crippen LogP contribution in [0.4, 0.5) is 18.9 Å². The van der Waals surface area contributed by atoms with Gasteiger partial charge in [-0.3, -0.25) is 14.9 Å². The minimum atomic E-state index is -4.47. The van der Waals surface area contributed by atoms with Gasteiger partial charge in [0.25, 0.3) is 0 Å². The molecule has 0 saturated heterocycles. The summed E-state index contributed by atoms with van der Waals surface area (Å²) in [6.45, 7) is 6.04. The molecule has 0 N–H and O–H groups in total. The lowest BCUT2D eigenvalue weighted by atomic mass is 9.96. The molecule has 6 rings (SSSR count). The SMILES string of the molecule is CCc1ccc(C(F)(F)F)c(-c2cccc3c2N(Cc2ccc4c(c2)CCN(Cc2ccccn2)C4)CC3)n1. The normalized spacial score (nSPS) is 15.3. The highest BCUT2D eigenvalue weighted by atomic mass is 19.4. The lowest BCUT2D eigenvalue weighted by molar-refractivity contribution is -0.137. The van der Waals surface area contributed by atoms with Crippen LogP contribution >= 0.6 is 0 Å². The van der Waals surface area contributed by atoms with Gasteiger partial charge in [0.05, 0.1) is 17.0 Å². The van der Waals surface area contributed by atoms with Crippen LogP contribution in [0, 0.1) is 0 Å². The third kappa shape index (κ3) is 5.28. The Morgan fingerprint density at radius 2 is 1.69 bits per heavy atom. The zero-order valence-corrected chi connectivity index (χ0v) is 22.0. The lowest BCUT2D eigenvalue weighted by Crippen LogP contribution is -2.30. The Labute approximate surface area is 227 Å². The monoisotopic (exact) mass is 528 g/mol. The van der Waals surface area contributed by atoms with Crippen molar-refractivity contribution < 1.29 is 13.2 Å². The second-order valence-corrected chi connectivity index (χ2v) is 10.4. The molecule has 2 aliphatic heterocycles. The van der Waals surface area contributed by atoms with E-state index in [-0.39, 0.29) is 5.69 Å². The molecular weight excluding hydrogens is 497 g/mol. The van der Waals surface area contributed by atoms with Gasteiger partial charge in [0, 0.05) is 55.9 Å². The first kappa shape index (κ1) is 25.6. The molecule has 2 aromatic carbocycles. The standard InChI is InChI=1S/C32H31F3N4/c1-2-26-11-12-29(32(33,34)35)30(37-26)28-8-5-6-23-14-17-39(31(23)28)19-22-9-10-25-20-38(16-13-24(25)18-22)21-27-7-3-4-15-36-27/h3-12,15,18H,2,13-14,16-17,19-21H2,1H3. The molecule has 0 spiro atoms. The molecular formula is C32H31F3N4. The number of anilines is 1. The van der Waals surface area contributed by atoms with Crippen LogP contribution in [0.5, 0.6) is 0 Å². The molecule has 4 heterocycles. The Morgan fingerprint density at radius 1 is 0.821 bits per heavy atom. The molecule has 4 nitrogen and oxygen atoms in total. The average molecular weight is 529 g/mol. The minimum absolute atomic E-state index is 0.0315. The number of hydrogen-bond acceptors (Lipinski definition) is 4. The van der Waals surface area contributed by atoms with Gasteiger partial charge in [-0.15, -0.1) is 0 Å². The summed E-state index contributed by atoms with van der Waals surface area (Å²) in [6, 6.07) is 21.0. The van der Waals surface area contributed by atoms with E-state index in [0.29, 0.717) is 24.2 Å². The predicted octanol–water partition coefficient (Wildman–Crippen LogP) is 6.85. The number of aryl methyl sites for hydroxylation is 1. The Bertz CT molecular complexity index is 1480. The highest BCUT2D eigenvalue weighted by Gasteiger charge is 2.36. The number of benzene rings is 2. The molecule has 0 fully saturated rings. The van der Waals surface area contributed by atoms with Gasteiger partial charge in [0.15, 0.2) is 0 Å². The van der Waals surface area contributed by atoms with E-state index in [1.807, 2.05) is 37.4 Å². The summed E-state index contributed by atoms with van der Waals surface area (Å²) >= 11 is 0. The molecule has 39 heavy (non-hydrogen) atoms. The quantitative estimate of drug-likeness (QED) is 0.274. The number of hydrogen-bond donors (Lipinski definition) is 0. The molecule has 7 heteroatoms. The van der Waals surface area contributed by atoms with E-state index < -0.39 is 11.7 Å². The van der Waals surface area contributed by atoms with E-state index in [0.717, 1.165) is 56.0 Å². The van der Waals surface area contributed by atoms with Crippen molar-refractivity contribution in [2.45, 2.75) is 52.0 Å². The number of para-hydroxylation sites is 1. The Morgan fingerprint density at radius 3 is 2.49 bits per heavy atom. The van der Waals surface area contributed by atoms with Crippen LogP contribution in [0.3, 0.4) is 0 Å². The van der Waals surface area contributed by atoms with Crippen LogP contribution in [0.15, 0.2) is 72.9 Å². The van der Waals surface area contributed by atoms with Gasteiger partial charge in [-0.1, -0.05) is 49.4 Å². The van der Waals surface area contributed by atoms with Gasteiger partial charge in [-0.25, -0.2) is 0 Å². The van der Waals surface area contributed by atoms with Crippen LogP contribution < -0.4 is 4.90 Å². The van der Waals surface area contributed by atoms with E-state index in [9.17, 15) is 13.2 Å². The predicted molar refractivity (Wildman–Crippen MR) is 147 cm³/mol. The summed E-state index contributed by atoms with van der Waals surface area (Å²) in [6.07, 6.45) is -0.268. The van der Waals surface area contributed by atoms with Crippen LogP contribution in [0.1, 0.15) is 46.1 Å². The highest BCUT2D eigenvalue weighted by Crippen LogP contribution is 2.43. The van der Waals surface area contributed by atoms with E-state index >= 15 is 0 Å². The van der Waals surface area contributed by atoms with Gasteiger partial charge < -0.3 is 4.90 Å². The largest absolute Gasteiger partial charge is 0.418 e. The van der Waals surface area contributed by atoms with E-state index in [4.69, 9.17) is 0 Å². The molecule has 0 saturated carbocycles. The fraction of sp³-hybridized carbons (Fsp3) is 0.312. The van der Waals surface area contributed by atoms with E-state index in [1.54, 1.807) is 6.07 Å². The molecule has 2 aromatic heterocycles. The first-order valence-electron chi connectivity index (χ1n) is 13.6. The maximum absolute atomic E-state index is 14.0. The third-order valence-corrected chi connectivity index (χ3v) is 7.81. The van der Waals surface area contributed by atoms with Gasteiger partial charge in [-0.05, 0) is 65.8 Å². The summed E-state index contributed by atoms with van der Waals surface area (Å²) in [5.41, 5.74) is 7.48. The molecule has 0 unspecified atom stereocenters. The summed E-state index contributed by atoms with van der Waals surface area (Å²) in [5, 5.41) is 0. The topological polar surface area (TPSA) is 32.3 Å². The zero-order chi connectivity index (χ0) is 27.0. The summed E-state index contributed by atoms with van der Waals surface area (Å²) in [5.74, 6) is 0. The Kier molecular flexibility index (Phi) is 6.85. The molecule has 0 bridgehead atoms. The number of halogens is 3. The third-order valence-electron chi connectivity index (χ3n) is 7.81. The second-order valence-electron chi connectivity index (χ2n) is 10.4. The maximum Gasteiger partial charge on any atom is 0.418 e. The molecule has 200 valence electrons. The van der Waals surface area contributed by atoms with Crippen LogP contribution in [-0.2, 0) is 45.1 Å². The van der Waals surface area contributed by atoms with Gasteiger partial charge in [0.2, 0.25) is 0 Å². The maximum atomic E-state index is 14.0. The van der Waals surface area contributed by atoms with Crippen molar-refractivity contribution in [1.82, 2.24) is 14.9 Å². The minimum Gasteiger partial charge on any atom is -0.366 e. The summed E-state index contributed by atoms with van der Waals surface area (Å²) < 4.78 is 42.0. The number of fused-ring (bicyclic) bond motifs is 2. The molecule has 4 aromatic rings. The first-order chi connectivity index (χ1) is 18.9. The first-order valence-corrected chi connectivity index (χ1v) is 13.6. The second kappa shape index (κ2) is 10.5. The summed E-state index contributed by atoms with van der Waals surface area (Å²) in [4.78, 5) is 13.6. The molecule has 2 aliphatic rings. The number of aromatic nitrogens is 2. The van der Waals surface area contributed by atoms with E-state index in [2.05, 4.69) is 44.0 Å². The fourth-order valence-electron chi connectivity index (χ4n) is 5.85. The van der Waals surface area contributed by atoms with Gasteiger partial charge in [-0.2, -0.15) is 13.2 Å². The van der Waals surface area contributed by atoms with E-state index in [1.165, 1.54) is 28.8 Å². The van der Waals surface area contributed by atoms with Crippen molar-refractivity contribution in [1.29, 1.82) is 0 Å². The van der Waals surface area contributed by atoms with Crippen LogP contribution in [0.2, 0.25) is 0 Å². The molecule has 0 amide bonds. The number of pyridine rings is 2. The lowest BCUT2D eigenvalue weighted by Gasteiger charge is -2.29. The zero-order valence-electron chi connectivity index (χ0n) is 22.0. The van der Waals surface area contributed by atoms with Crippen LogP contribution in [0.25, 0.3) is 11.3 Å². The van der Waals surface area contributed by atoms with Crippen molar-refractivity contribution in [3.05, 3.63) is 112 Å². The molecule has 0 radical (unpaired) electrons. The fourth-order valence-corrected chi connectivity index (χ4v) is 5.85. The number of nitrogens with zero attached hydrogens (tertiary/aromatic N) is 4. The average Bonchev–Trinajstić information content (AvgIpc) is 3.35. The van der Waals surface area contributed by atoms with Gasteiger partial charge >= 0.3 is 6.18 Å².